The Labute approximate surface area is 116 Å². The monoisotopic (exact) mass is 280 g/mol. The van der Waals surface area contributed by atoms with Gasteiger partial charge in [-0.2, -0.15) is 0 Å². The minimum Gasteiger partial charge on any atom is -0.474 e. The van der Waals surface area contributed by atoms with Crippen molar-refractivity contribution in [3.8, 4) is 5.88 Å². The Bertz CT molecular complexity index is 662. The molecule has 110 valence electrons. The van der Waals surface area contributed by atoms with Gasteiger partial charge in [0.15, 0.2) is 0 Å². The molecular weight excluding hydrogens is 260 g/mol. The topological polar surface area (TPSA) is 95.2 Å². The molecule has 6 nitrogen and oxygen atoms in total. The Morgan fingerprint density at radius 1 is 1.30 bits per heavy atom. The van der Waals surface area contributed by atoms with Crippen LogP contribution in [0, 0.1) is 5.92 Å². The lowest BCUT2D eigenvalue weighted by molar-refractivity contribution is -0.0866. The molecular formula is C14H20N2O4. The van der Waals surface area contributed by atoms with Crippen LogP contribution < -0.4 is 16.0 Å². The molecule has 20 heavy (non-hydrogen) atoms. The maximum Gasteiger partial charge on any atom is 0.328 e. The number of aromatic amines is 2. The molecule has 6 heteroatoms. The Kier molecular flexibility index (Phi) is 2.67. The first-order chi connectivity index (χ1) is 9.26. The van der Waals surface area contributed by atoms with Gasteiger partial charge in [-0.1, -0.05) is 20.8 Å². The van der Waals surface area contributed by atoms with Gasteiger partial charge in [0.05, 0.1) is 11.2 Å². The van der Waals surface area contributed by atoms with E-state index < -0.39 is 16.7 Å². The molecule has 0 radical (unpaired) electrons. The molecule has 0 unspecified atom stereocenters. The van der Waals surface area contributed by atoms with Crippen LogP contribution in [0.4, 0.5) is 0 Å². The molecule has 2 heterocycles. The quantitative estimate of drug-likeness (QED) is 0.704. The van der Waals surface area contributed by atoms with Gasteiger partial charge < -0.3 is 9.84 Å². The van der Waals surface area contributed by atoms with Gasteiger partial charge in [-0.05, 0) is 18.8 Å². The third-order valence-corrected chi connectivity index (χ3v) is 5.14. The van der Waals surface area contributed by atoms with Gasteiger partial charge in [0.1, 0.15) is 6.10 Å². The second-order valence-corrected chi connectivity index (χ2v) is 6.60. The zero-order valence-corrected chi connectivity index (χ0v) is 11.9. The molecule has 1 aromatic heterocycles. The van der Waals surface area contributed by atoms with Gasteiger partial charge in [-0.15, -0.1) is 0 Å². The normalized spacial score (nSPS) is 35.5. The largest absolute Gasteiger partial charge is 0.474 e. The molecule has 2 aliphatic rings. The van der Waals surface area contributed by atoms with Gasteiger partial charge in [0, 0.05) is 11.8 Å². The summed E-state index contributed by atoms with van der Waals surface area (Å²) < 4.78 is 5.79. The molecule has 0 bridgehead atoms. The number of nitrogens with one attached hydrogen (secondary N) is 2. The Balaban J connectivity index is 2.06. The smallest absolute Gasteiger partial charge is 0.328 e. The first kappa shape index (κ1) is 13.4. The number of hydrogen-bond donors (Lipinski definition) is 3. The van der Waals surface area contributed by atoms with Crippen LogP contribution in [0.25, 0.3) is 0 Å². The average molecular weight is 280 g/mol. The third kappa shape index (κ3) is 1.67. The number of fused-ring (bicyclic) bond motifs is 3. The Hall–Kier alpha value is -1.56. The molecule has 1 aliphatic heterocycles. The van der Waals surface area contributed by atoms with E-state index in [9.17, 15) is 14.7 Å². The number of hydrogen-bond acceptors (Lipinski definition) is 4. The van der Waals surface area contributed by atoms with Crippen LogP contribution in [0.2, 0.25) is 0 Å². The zero-order valence-electron chi connectivity index (χ0n) is 11.9. The van der Waals surface area contributed by atoms with Crippen LogP contribution in [0.3, 0.4) is 0 Å². The fourth-order valence-corrected chi connectivity index (χ4v) is 3.48. The predicted molar refractivity (Wildman–Crippen MR) is 73.1 cm³/mol. The summed E-state index contributed by atoms with van der Waals surface area (Å²) >= 11 is 0. The summed E-state index contributed by atoms with van der Waals surface area (Å²) in [5.74, 6) is 0.385. The van der Waals surface area contributed by atoms with E-state index in [1.165, 1.54) is 0 Å². The first-order valence-corrected chi connectivity index (χ1v) is 7.02. The summed E-state index contributed by atoms with van der Waals surface area (Å²) in [5, 5.41) is 10.7. The van der Waals surface area contributed by atoms with Crippen molar-refractivity contribution in [2.75, 3.05) is 0 Å². The molecule has 1 aromatic rings. The first-order valence-electron chi connectivity index (χ1n) is 7.02. The van der Waals surface area contributed by atoms with E-state index in [2.05, 4.69) is 9.97 Å². The van der Waals surface area contributed by atoms with Crippen LogP contribution in [0.1, 0.15) is 45.6 Å². The summed E-state index contributed by atoms with van der Waals surface area (Å²) in [6, 6.07) is 0. The van der Waals surface area contributed by atoms with Gasteiger partial charge in [-0.25, -0.2) is 4.79 Å². The SMILES string of the molecule is CC(C)[C@@]1(O)CC[C@@]2(C)c3c([nH]c(=O)[nH]c3=O)O[C@H]2C1. The molecule has 0 spiro atoms. The van der Waals surface area contributed by atoms with E-state index in [0.29, 0.717) is 24.8 Å². The summed E-state index contributed by atoms with van der Waals surface area (Å²) in [6.07, 6.45) is 1.47. The maximum atomic E-state index is 12.1. The molecule has 0 aromatic carbocycles. The van der Waals surface area contributed by atoms with Gasteiger partial charge in [-0.3, -0.25) is 14.8 Å². The molecule has 1 saturated carbocycles. The zero-order chi connectivity index (χ0) is 14.7. The summed E-state index contributed by atoms with van der Waals surface area (Å²) in [5.41, 5.74) is -1.67. The van der Waals surface area contributed by atoms with Crippen LogP contribution >= 0.6 is 0 Å². The average Bonchev–Trinajstić information content (AvgIpc) is 2.61. The van der Waals surface area contributed by atoms with Crippen molar-refractivity contribution in [3.63, 3.8) is 0 Å². The van der Waals surface area contributed by atoms with Crippen molar-refractivity contribution in [2.24, 2.45) is 5.92 Å². The molecule has 0 amide bonds. The van der Waals surface area contributed by atoms with Gasteiger partial charge >= 0.3 is 5.69 Å². The fraction of sp³-hybridized carbons (Fsp3) is 0.714. The second-order valence-electron chi connectivity index (χ2n) is 6.60. The lowest BCUT2D eigenvalue weighted by Crippen LogP contribution is -2.52. The lowest BCUT2D eigenvalue weighted by atomic mass is 9.63. The highest BCUT2D eigenvalue weighted by Gasteiger charge is 2.55. The van der Waals surface area contributed by atoms with Crippen molar-refractivity contribution in [3.05, 3.63) is 26.4 Å². The highest BCUT2D eigenvalue weighted by Crippen LogP contribution is 2.51. The predicted octanol–water partition coefficient (Wildman–Crippen LogP) is 0.653. The second kappa shape index (κ2) is 3.97. The molecule has 1 fully saturated rings. The lowest BCUT2D eigenvalue weighted by Gasteiger charge is -2.45. The maximum absolute atomic E-state index is 12.1. The van der Waals surface area contributed by atoms with E-state index in [1.54, 1.807) is 0 Å². The van der Waals surface area contributed by atoms with E-state index >= 15 is 0 Å². The van der Waals surface area contributed by atoms with Gasteiger partial charge in [0.25, 0.3) is 5.56 Å². The van der Waals surface area contributed by atoms with E-state index in [-0.39, 0.29) is 23.5 Å². The van der Waals surface area contributed by atoms with Crippen molar-refractivity contribution >= 4 is 0 Å². The van der Waals surface area contributed by atoms with E-state index in [0.717, 1.165) is 0 Å². The summed E-state index contributed by atoms with van der Waals surface area (Å²) in [7, 11) is 0. The van der Waals surface area contributed by atoms with Crippen LogP contribution in [-0.4, -0.2) is 26.8 Å². The van der Waals surface area contributed by atoms with Crippen molar-refractivity contribution < 1.29 is 9.84 Å². The van der Waals surface area contributed by atoms with Crippen molar-refractivity contribution in [1.82, 2.24) is 9.97 Å². The minimum atomic E-state index is -0.778. The molecule has 0 saturated heterocycles. The van der Waals surface area contributed by atoms with Crippen LogP contribution in [0.15, 0.2) is 9.59 Å². The molecule has 1 aliphatic carbocycles. The number of rotatable bonds is 1. The Morgan fingerprint density at radius 2 is 2.00 bits per heavy atom. The van der Waals surface area contributed by atoms with Crippen molar-refractivity contribution in [1.29, 1.82) is 0 Å². The third-order valence-electron chi connectivity index (χ3n) is 5.14. The number of H-pyrrole nitrogens is 2. The van der Waals surface area contributed by atoms with Crippen molar-refractivity contribution in [2.45, 2.75) is 57.2 Å². The van der Waals surface area contributed by atoms with Crippen LogP contribution in [0.5, 0.6) is 5.88 Å². The molecule has 3 N–H and O–H groups in total. The highest BCUT2D eigenvalue weighted by atomic mass is 16.5. The summed E-state index contributed by atoms with van der Waals surface area (Å²) in [6.45, 7) is 5.94. The summed E-state index contributed by atoms with van der Waals surface area (Å²) in [4.78, 5) is 28.2. The van der Waals surface area contributed by atoms with E-state index in [1.807, 2.05) is 20.8 Å². The van der Waals surface area contributed by atoms with Gasteiger partial charge in [0.2, 0.25) is 5.88 Å². The van der Waals surface area contributed by atoms with Crippen LogP contribution in [-0.2, 0) is 5.41 Å². The number of ether oxygens (including phenoxy) is 1. The fourth-order valence-electron chi connectivity index (χ4n) is 3.48. The Morgan fingerprint density at radius 3 is 2.65 bits per heavy atom. The highest BCUT2D eigenvalue weighted by molar-refractivity contribution is 5.39. The molecule has 3 rings (SSSR count). The number of aliphatic hydroxyl groups is 1. The van der Waals surface area contributed by atoms with E-state index in [4.69, 9.17) is 4.74 Å². The minimum absolute atomic E-state index is 0.122. The number of aromatic nitrogens is 2. The molecule has 3 atom stereocenters. The standard InChI is InChI=1S/C14H20N2O4/c1-7(2)14(19)5-4-13(3)8(6-14)20-11-9(13)10(17)15-12(18)16-11/h7-8,19H,4-6H2,1-3H3,(H2,15,16,17,18)/t8-,13+,14+/m0/s1.